The average molecular weight is 157 g/mol. The molecule has 0 aliphatic carbocycles. The summed E-state index contributed by atoms with van der Waals surface area (Å²) in [5.41, 5.74) is 1.20. The Morgan fingerprint density at radius 2 is 2.25 bits per heavy atom. The molecule has 2 rings (SSSR count). The van der Waals surface area contributed by atoms with Gasteiger partial charge in [-0.15, -0.1) is 0 Å². The van der Waals surface area contributed by atoms with Crippen molar-refractivity contribution < 1.29 is 4.74 Å². The highest BCUT2D eigenvalue weighted by atomic mass is 16.5. The second kappa shape index (κ2) is 3.06. The van der Waals surface area contributed by atoms with E-state index in [-0.39, 0.29) is 0 Å². The summed E-state index contributed by atoms with van der Waals surface area (Å²) < 4.78 is 5.61. The van der Waals surface area contributed by atoms with Crippen LogP contribution in [0, 0.1) is 0 Å². The summed E-state index contributed by atoms with van der Waals surface area (Å²) >= 11 is 0. The minimum absolute atomic E-state index is 0.910. The van der Waals surface area contributed by atoms with Crippen molar-refractivity contribution in [3.63, 3.8) is 0 Å². The van der Waals surface area contributed by atoms with Crippen molar-refractivity contribution in [3.05, 3.63) is 36.1 Å². The lowest BCUT2D eigenvalue weighted by atomic mass is 9.65. The zero-order valence-corrected chi connectivity index (χ0v) is 7.08. The highest BCUT2D eigenvalue weighted by Gasteiger charge is 2.13. The lowest BCUT2D eigenvalue weighted by Gasteiger charge is -2.18. The predicted molar refractivity (Wildman–Crippen MR) is 51.0 cm³/mol. The quantitative estimate of drug-likeness (QED) is 0.521. The van der Waals surface area contributed by atoms with Crippen molar-refractivity contribution in [2.24, 2.45) is 0 Å². The maximum atomic E-state index is 5.61. The Hall–Kier alpha value is -1.18. The Morgan fingerprint density at radius 3 is 3.08 bits per heavy atom. The van der Waals surface area contributed by atoms with Crippen molar-refractivity contribution >= 4 is 12.7 Å². The van der Waals surface area contributed by atoms with Gasteiger partial charge < -0.3 is 4.74 Å². The molecule has 0 spiro atoms. The molecule has 0 saturated heterocycles. The van der Waals surface area contributed by atoms with Crippen LogP contribution < -0.4 is 10.2 Å². The zero-order valence-electron chi connectivity index (χ0n) is 7.08. The molecule has 1 heterocycles. The first kappa shape index (κ1) is 7.47. The summed E-state index contributed by atoms with van der Waals surface area (Å²) in [5.74, 6) is 2.01. The van der Waals surface area contributed by atoms with E-state index in [0.717, 1.165) is 17.8 Å². The van der Waals surface area contributed by atoms with Gasteiger partial charge in [0.2, 0.25) is 0 Å². The largest absolute Gasteiger partial charge is 0.463 e. The fourth-order valence-electron chi connectivity index (χ4n) is 1.31. The van der Waals surface area contributed by atoms with Crippen molar-refractivity contribution in [2.75, 3.05) is 0 Å². The van der Waals surface area contributed by atoms with Crippen LogP contribution in [-0.2, 0) is 0 Å². The van der Waals surface area contributed by atoms with Gasteiger partial charge in [0.1, 0.15) is 5.75 Å². The number of para-hydroxylation sites is 1. The molecule has 1 radical (unpaired) electrons. The van der Waals surface area contributed by atoms with E-state index in [4.69, 9.17) is 4.74 Å². The number of rotatable bonds is 0. The Balaban J connectivity index is 2.35. The number of benzene rings is 1. The molecule has 1 nitrogen and oxygen atoms in total. The third-order valence-electron chi connectivity index (χ3n) is 2.01. The summed E-state index contributed by atoms with van der Waals surface area (Å²) in [6.07, 6.45) is 2.92. The van der Waals surface area contributed by atoms with Crippen molar-refractivity contribution in [1.82, 2.24) is 0 Å². The van der Waals surface area contributed by atoms with Gasteiger partial charge >= 0.3 is 0 Å². The van der Waals surface area contributed by atoms with E-state index < -0.39 is 0 Å². The number of allylic oxidation sites excluding steroid dienone is 2. The van der Waals surface area contributed by atoms with Gasteiger partial charge in [-0.1, -0.05) is 18.2 Å². The van der Waals surface area contributed by atoms with E-state index in [1.54, 1.807) is 0 Å². The standard InChI is InChI=1S/C10H10BO/c1-2-8-7-11-9-5-3-4-6-10(9)12-8/h2-6H,7H2,1H3/b8-2+. The molecule has 0 fully saturated rings. The molecular weight excluding hydrogens is 147 g/mol. The first-order valence-electron chi connectivity index (χ1n) is 4.15. The van der Waals surface area contributed by atoms with Gasteiger partial charge in [-0.2, -0.15) is 0 Å². The summed E-state index contributed by atoms with van der Waals surface area (Å²) in [6, 6.07) is 8.08. The van der Waals surface area contributed by atoms with Crippen molar-refractivity contribution in [2.45, 2.75) is 13.2 Å². The topological polar surface area (TPSA) is 9.23 Å². The molecule has 0 amide bonds. The molecule has 2 heteroatoms. The molecule has 0 atom stereocenters. The second-order valence-corrected chi connectivity index (χ2v) is 2.80. The highest BCUT2D eigenvalue weighted by molar-refractivity contribution is 6.55. The molecule has 0 aromatic heterocycles. The van der Waals surface area contributed by atoms with E-state index >= 15 is 0 Å². The normalized spacial score (nSPS) is 17.9. The van der Waals surface area contributed by atoms with Crippen LogP contribution in [0.5, 0.6) is 5.75 Å². The predicted octanol–water partition coefficient (Wildman–Crippen LogP) is 1.73. The van der Waals surface area contributed by atoms with Gasteiger partial charge in [0.05, 0.1) is 5.76 Å². The van der Waals surface area contributed by atoms with Crippen molar-refractivity contribution in [3.8, 4) is 5.75 Å². The van der Waals surface area contributed by atoms with Gasteiger partial charge in [-0.3, -0.25) is 0 Å². The van der Waals surface area contributed by atoms with E-state index in [2.05, 4.69) is 13.3 Å². The number of hydrogen-bond donors (Lipinski definition) is 0. The molecule has 1 aromatic carbocycles. The van der Waals surface area contributed by atoms with E-state index in [1.165, 1.54) is 5.46 Å². The van der Waals surface area contributed by atoms with Crippen LogP contribution in [0.4, 0.5) is 0 Å². The smallest absolute Gasteiger partial charge is 0.165 e. The molecule has 59 valence electrons. The third-order valence-corrected chi connectivity index (χ3v) is 2.01. The van der Waals surface area contributed by atoms with Gasteiger partial charge in [-0.25, -0.2) is 0 Å². The van der Waals surface area contributed by atoms with Gasteiger partial charge in [0, 0.05) is 0 Å². The zero-order chi connectivity index (χ0) is 8.39. The van der Waals surface area contributed by atoms with Crippen LogP contribution in [0.15, 0.2) is 36.1 Å². The Labute approximate surface area is 73.3 Å². The molecule has 0 N–H and O–H groups in total. The van der Waals surface area contributed by atoms with Crippen LogP contribution >= 0.6 is 0 Å². The van der Waals surface area contributed by atoms with Gasteiger partial charge in [-0.05, 0) is 30.8 Å². The molecule has 1 aliphatic heterocycles. The third kappa shape index (κ3) is 1.25. The summed E-state index contributed by atoms with van der Waals surface area (Å²) in [7, 11) is 2.19. The SMILES string of the molecule is C/C=C1\C[B]c2ccccc2O1. The van der Waals surface area contributed by atoms with E-state index in [0.29, 0.717) is 0 Å². The maximum Gasteiger partial charge on any atom is 0.165 e. The summed E-state index contributed by atoms with van der Waals surface area (Å²) in [4.78, 5) is 0. The minimum Gasteiger partial charge on any atom is -0.463 e. The van der Waals surface area contributed by atoms with Crippen LogP contribution in [0.25, 0.3) is 0 Å². The van der Waals surface area contributed by atoms with Crippen molar-refractivity contribution in [1.29, 1.82) is 0 Å². The molecule has 1 aliphatic rings. The van der Waals surface area contributed by atoms with Crippen LogP contribution in [0.2, 0.25) is 6.32 Å². The Kier molecular flexibility index (Phi) is 1.90. The second-order valence-electron chi connectivity index (χ2n) is 2.80. The molecule has 12 heavy (non-hydrogen) atoms. The Bertz CT molecular complexity index is 317. The maximum absolute atomic E-state index is 5.61. The molecular formula is C10H10BO. The number of hydrogen-bond acceptors (Lipinski definition) is 1. The van der Waals surface area contributed by atoms with Gasteiger partial charge in [0.25, 0.3) is 0 Å². The van der Waals surface area contributed by atoms with E-state index in [1.807, 2.05) is 31.2 Å². The first-order chi connectivity index (χ1) is 5.90. The molecule has 0 saturated carbocycles. The molecule has 0 bridgehead atoms. The van der Waals surface area contributed by atoms with Crippen LogP contribution in [0.3, 0.4) is 0 Å². The molecule has 0 unspecified atom stereocenters. The fraction of sp³-hybridized carbons (Fsp3) is 0.200. The number of fused-ring (bicyclic) bond motifs is 1. The fourth-order valence-corrected chi connectivity index (χ4v) is 1.31. The average Bonchev–Trinajstić information content (AvgIpc) is 2.17. The Morgan fingerprint density at radius 1 is 1.42 bits per heavy atom. The van der Waals surface area contributed by atoms with Gasteiger partial charge in [0.15, 0.2) is 7.28 Å². The van der Waals surface area contributed by atoms with E-state index in [9.17, 15) is 0 Å². The molecule has 1 aromatic rings. The first-order valence-corrected chi connectivity index (χ1v) is 4.15. The number of ether oxygens (including phenoxy) is 1. The monoisotopic (exact) mass is 157 g/mol. The lowest BCUT2D eigenvalue weighted by Crippen LogP contribution is -2.23. The minimum atomic E-state index is 0.910. The highest BCUT2D eigenvalue weighted by Crippen LogP contribution is 2.17. The summed E-state index contributed by atoms with van der Waals surface area (Å²) in [5, 5.41) is 0. The lowest BCUT2D eigenvalue weighted by molar-refractivity contribution is 0.425. The van der Waals surface area contributed by atoms with Crippen LogP contribution in [-0.4, -0.2) is 7.28 Å². The van der Waals surface area contributed by atoms with Crippen LogP contribution in [0.1, 0.15) is 6.92 Å². The summed E-state index contributed by atoms with van der Waals surface area (Å²) in [6.45, 7) is 2.00.